The molecule has 1 amide bonds. The predicted octanol–water partition coefficient (Wildman–Crippen LogP) is 1.59. The van der Waals surface area contributed by atoms with E-state index in [0.29, 0.717) is 11.7 Å². The first kappa shape index (κ1) is 8.69. The van der Waals surface area contributed by atoms with Crippen LogP contribution in [-0.4, -0.2) is 12.1 Å². The summed E-state index contributed by atoms with van der Waals surface area (Å²) in [6, 6.07) is 0. The molecule has 1 N–H and O–H groups in total. The van der Waals surface area contributed by atoms with Gasteiger partial charge >= 0.3 is 0 Å². The molecule has 2 rings (SSSR count). The molecule has 2 heterocycles. The van der Waals surface area contributed by atoms with Gasteiger partial charge in [0.25, 0.3) is 5.91 Å². The van der Waals surface area contributed by atoms with E-state index in [0.717, 1.165) is 4.91 Å². The Labute approximate surface area is 81.2 Å². The summed E-state index contributed by atoms with van der Waals surface area (Å²) in [5, 5.41) is 4.70. The standard InChI is InChI=1S/C9H11NO2S/c1-5-3-4-13-8(5)7-9(11)10-6(2)12-7/h3-6H,1-2H3,(H,10,11). The van der Waals surface area contributed by atoms with E-state index >= 15 is 0 Å². The van der Waals surface area contributed by atoms with Crippen molar-refractivity contribution in [3.8, 4) is 0 Å². The van der Waals surface area contributed by atoms with Crippen LogP contribution in [0.1, 0.15) is 13.8 Å². The van der Waals surface area contributed by atoms with Crippen molar-refractivity contribution in [3.63, 3.8) is 0 Å². The van der Waals surface area contributed by atoms with Crippen LogP contribution in [0.5, 0.6) is 0 Å². The normalized spacial score (nSPS) is 37.8. The summed E-state index contributed by atoms with van der Waals surface area (Å²) < 4.78 is 5.39. The van der Waals surface area contributed by atoms with Gasteiger partial charge in [0.05, 0.1) is 0 Å². The molecule has 2 aliphatic heterocycles. The van der Waals surface area contributed by atoms with Gasteiger partial charge in [-0.3, -0.25) is 4.79 Å². The predicted molar refractivity (Wildman–Crippen MR) is 51.6 cm³/mol. The maximum absolute atomic E-state index is 11.4. The maximum atomic E-state index is 11.4. The van der Waals surface area contributed by atoms with E-state index in [1.54, 1.807) is 11.8 Å². The number of allylic oxidation sites excluding steroid dienone is 2. The Kier molecular flexibility index (Phi) is 2.07. The fraction of sp³-hybridized carbons (Fsp3) is 0.444. The Morgan fingerprint density at radius 2 is 2.31 bits per heavy atom. The quantitative estimate of drug-likeness (QED) is 0.599. The van der Waals surface area contributed by atoms with Crippen LogP contribution in [0.15, 0.2) is 22.1 Å². The zero-order valence-electron chi connectivity index (χ0n) is 7.53. The van der Waals surface area contributed by atoms with Crippen molar-refractivity contribution in [2.24, 2.45) is 5.92 Å². The Hall–Kier alpha value is -0.900. The topological polar surface area (TPSA) is 38.3 Å². The van der Waals surface area contributed by atoms with Gasteiger partial charge in [0.2, 0.25) is 0 Å². The molecule has 3 nitrogen and oxygen atoms in total. The SMILES string of the molecule is CC1NC(=O)C(=C2SC=CC2C)O1. The molecular weight excluding hydrogens is 186 g/mol. The second-order valence-corrected chi connectivity index (χ2v) is 4.11. The first-order chi connectivity index (χ1) is 6.18. The van der Waals surface area contributed by atoms with Crippen LogP contribution in [0, 0.1) is 5.92 Å². The number of thioether (sulfide) groups is 1. The lowest BCUT2D eigenvalue weighted by molar-refractivity contribution is -0.116. The molecule has 0 aromatic carbocycles. The molecule has 2 aliphatic rings. The van der Waals surface area contributed by atoms with Crippen molar-refractivity contribution in [1.29, 1.82) is 0 Å². The highest BCUT2D eigenvalue weighted by Gasteiger charge is 2.30. The average Bonchev–Trinajstić information content (AvgIpc) is 2.58. The molecule has 0 aromatic heterocycles. The zero-order valence-corrected chi connectivity index (χ0v) is 8.35. The molecule has 0 aromatic rings. The average molecular weight is 197 g/mol. The van der Waals surface area contributed by atoms with Gasteiger partial charge in [-0.1, -0.05) is 24.8 Å². The third kappa shape index (κ3) is 1.46. The van der Waals surface area contributed by atoms with E-state index in [1.807, 2.05) is 12.3 Å². The second-order valence-electron chi connectivity index (χ2n) is 3.16. The van der Waals surface area contributed by atoms with Crippen molar-refractivity contribution < 1.29 is 9.53 Å². The number of ether oxygens (including phenoxy) is 1. The molecule has 1 fully saturated rings. The van der Waals surface area contributed by atoms with Gasteiger partial charge in [0.15, 0.2) is 12.0 Å². The highest BCUT2D eigenvalue weighted by molar-refractivity contribution is 8.06. The molecule has 70 valence electrons. The molecule has 0 saturated carbocycles. The number of amides is 1. The van der Waals surface area contributed by atoms with Crippen LogP contribution < -0.4 is 5.32 Å². The second kappa shape index (κ2) is 3.10. The summed E-state index contributed by atoms with van der Waals surface area (Å²) in [6.45, 7) is 3.88. The van der Waals surface area contributed by atoms with E-state index < -0.39 is 0 Å². The van der Waals surface area contributed by atoms with Crippen LogP contribution in [0.25, 0.3) is 0 Å². The van der Waals surface area contributed by atoms with Crippen LogP contribution in [0.4, 0.5) is 0 Å². The molecule has 2 atom stereocenters. The number of carbonyl (C=O) groups excluding carboxylic acids is 1. The number of carbonyl (C=O) groups is 1. The molecule has 13 heavy (non-hydrogen) atoms. The minimum atomic E-state index is -0.191. The summed E-state index contributed by atoms with van der Waals surface area (Å²) in [7, 11) is 0. The zero-order chi connectivity index (χ0) is 9.42. The summed E-state index contributed by atoms with van der Waals surface area (Å²) in [5.41, 5.74) is 0. The summed E-state index contributed by atoms with van der Waals surface area (Å²) >= 11 is 1.57. The Balaban J connectivity index is 2.29. The van der Waals surface area contributed by atoms with Gasteiger partial charge in [0, 0.05) is 10.8 Å². The monoisotopic (exact) mass is 197 g/mol. The van der Waals surface area contributed by atoms with Crippen molar-refractivity contribution in [3.05, 3.63) is 22.1 Å². The lowest BCUT2D eigenvalue weighted by atomic mass is 10.1. The molecule has 0 bridgehead atoms. The van der Waals surface area contributed by atoms with Crippen molar-refractivity contribution in [2.75, 3.05) is 0 Å². The molecule has 0 spiro atoms. The van der Waals surface area contributed by atoms with Crippen LogP contribution in [0.3, 0.4) is 0 Å². The highest BCUT2D eigenvalue weighted by atomic mass is 32.2. The largest absolute Gasteiger partial charge is 0.464 e. The molecule has 4 heteroatoms. The van der Waals surface area contributed by atoms with E-state index in [-0.39, 0.29) is 12.1 Å². The third-order valence-corrected chi connectivity index (χ3v) is 3.14. The molecule has 2 unspecified atom stereocenters. The third-order valence-electron chi connectivity index (χ3n) is 2.03. The number of nitrogens with one attached hydrogen (secondary N) is 1. The molecular formula is C9H11NO2S. The van der Waals surface area contributed by atoms with Gasteiger partial charge in [-0.2, -0.15) is 0 Å². The van der Waals surface area contributed by atoms with Gasteiger partial charge < -0.3 is 10.1 Å². The molecule has 0 aliphatic carbocycles. The maximum Gasteiger partial charge on any atom is 0.290 e. The Morgan fingerprint density at radius 3 is 2.77 bits per heavy atom. The fourth-order valence-electron chi connectivity index (χ4n) is 1.37. The Morgan fingerprint density at radius 1 is 1.54 bits per heavy atom. The highest BCUT2D eigenvalue weighted by Crippen LogP contribution is 2.37. The van der Waals surface area contributed by atoms with E-state index in [1.165, 1.54) is 0 Å². The summed E-state index contributed by atoms with van der Waals surface area (Å²) in [4.78, 5) is 12.4. The van der Waals surface area contributed by atoms with Gasteiger partial charge in [0.1, 0.15) is 0 Å². The van der Waals surface area contributed by atoms with Crippen LogP contribution in [0.2, 0.25) is 0 Å². The van der Waals surface area contributed by atoms with Gasteiger partial charge in [-0.25, -0.2) is 0 Å². The van der Waals surface area contributed by atoms with Crippen molar-refractivity contribution >= 4 is 17.7 Å². The first-order valence-electron chi connectivity index (χ1n) is 4.23. The smallest absolute Gasteiger partial charge is 0.290 e. The lowest BCUT2D eigenvalue weighted by Crippen LogP contribution is -2.22. The number of hydrogen-bond donors (Lipinski definition) is 1. The van der Waals surface area contributed by atoms with Gasteiger partial charge in [-0.15, -0.1) is 0 Å². The van der Waals surface area contributed by atoms with Crippen LogP contribution in [-0.2, 0) is 9.53 Å². The van der Waals surface area contributed by atoms with E-state index in [9.17, 15) is 4.79 Å². The van der Waals surface area contributed by atoms with Gasteiger partial charge in [-0.05, 0) is 12.3 Å². The van der Waals surface area contributed by atoms with Crippen molar-refractivity contribution in [1.82, 2.24) is 5.32 Å². The summed E-state index contributed by atoms with van der Waals surface area (Å²) in [5.74, 6) is 0.705. The van der Waals surface area contributed by atoms with Crippen molar-refractivity contribution in [2.45, 2.75) is 20.1 Å². The minimum Gasteiger partial charge on any atom is -0.464 e. The first-order valence-corrected chi connectivity index (χ1v) is 5.11. The Bertz CT molecular complexity index is 309. The fourth-order valence-corrected chi connectivity index (χ4v) is 2.37. The lowest BCUT2D eigenvalue weighted by Gasteiger charge is -2.06. The van der Waals surface area contributed by atoms with E-state index in [2.05, 4.69) is 18.3 Å². The molecule has 1 saturated heterocycles. The van der Waals surface area contributed by atoms with E-state index in [4.69, 9.17) is 4.74 Å². The summed E-state index contributed by atoms with van der Waals surface area (Å²) in [6.07, 6.45) is 1.87. The molecule has 0 radical (unpaired) electrons. The number of rotatable bonds is 0. The van der Waals surface area contributed by atoms with Crippen LogP contribution >= 0.6 is 11.8 Å². The number of hydrogen-bond acceptors (Lipinski definition) is 3. The minimum absolute atomic E-state index is 0.0921.